The van der Waals surface area contributed by atoms with Gasteiger partial charge in [-0.2, -0.15) is 0 Å². The molecule has 2 aromatic carbocycles. The number of carbonyl (C=O) groups excluding carboxylic acids is 1. The molecular formula is C20H20N4O4. The van der Waals surface area contributed by atoms with Crippen molar-refractivity contribution in [3.63, 3.8) is 0 Å². The third-order valence-electron chi connectivity index (χ3n) is 3.76. The van der Waals surface area contributed by atoms with Gasteiger partial charge in [-0.3, -0.25) is 20.0 Å². The molecule has 0 aliphatic heterocycles. The number of hydrogen-bond acceptors (Lipinski definition) is 5. The Morgan fingerprint density at radius 2 is 1.93 bits per heavy atom. The molecule has 3 rings (SSSR count). The first-order valence-corrected chi connectivity index (χ1v) is 8.60. The van der Waals surface area contributed by atoms with Crippen LogP contribution >= 0.6 is 0 Å². The molecule has 0 bridgehead atoms. The Kier molecular flexibility index (Phi) is 5.12. The van der Waals surface area contributed by atoms with Crippen molar-refractivity contribution in [2.45, 2.75) is 26.4 Å². The van der Waals surface area contributed by atoms with Crippen LogP contribution in [0.1, 0.15) is 20.8 Å². The fourth-order valence-electron chi connectivity index (χ4n) is 2.65. The summed E-state index contributed by atoms with van der Waals surface area (Å²) in [4.78, 5) is 26.8. The molecule has 0 aliphatic rings. The van der Waals surface area contributed by atoms with Gasteiger partial charge in [0.05, 0.1) is 23.1 Å². The van der Waals surface area contributed by atoms with Crippen LogP contribution in [0.3, 0.4) is 0 Å². The molecule has 0 fully saturated rings. The van der Waals surface area contributed by atoms with Gasteiger partial charge in [0.25, 0.3) is 5.69 Å². The highest BCUT2D eigenvalue weighted by Crippen LogP contribution is 2.27. The van der Waals surface area contributed by atoms with E-state index >= 15 is 0 Å². The van der Waals surface area contributed by atoms with E-state index in [-0.39, 0.29) is 5.69 Å². The number of amides is 1. The lowest BCUT2D eigenvalue weighted by Crippen LogP contribution is -2.27. The first kappa shape index (κ1) is 19.1. The summed E-state index contributed by atoms with van der Waals surface area (Å²) in [5.41, 5.74) is 2.07. The molecule has 0 saturated carbocycles. The molecule has 0 atom stereocenters. The highest BCUT2D eigenvalue weighted by atomic mass is 16.6. The number of aromatic nitrogens is 2. The zero-order valence-electron chi connectivity index (χ0n) is 15.7. The van der Waals surface area contributed by atoms with Gasteiger partial charge < -0.3 is 4.74 Å². The van der Waals surface area contributed by atoms with Gasteiger partial charge in [-0.15, -0.1) is 0 Å². The largest absolute Gasteiger partial charge is 0.444 e. The standard InChI is InChI=1S/C20H20N4O4/c1-20(2,3)28-19(25)22-15-7-5-8-16(11-15)23-13-21-12-18(23)14-6-4-9-17(10-14)24(26)27/h4-13H,1-3H3,(H,22,25). The summed E-state index contributed by atoms with van der Waals surface area (Å²) in [6.07, 6.45) is 2.70. The lowest BCUT2D eigenvalue weighted by molar-refractivity contribution is -0.384. The minimum absolute atomic E-state index is 0.00518. The predicted octanol–water partition coefficient (Wildman–Crippen LogP) is 4.79. The Bertz CT molecular complexity index is 1020. The lowest BCUT2D eigenvalue weighted by atomic mass is 10.1. The van der Waals surface area contributed by atoms with Gasteiger partial charge in [-0.25, -0.2) is 9.78 Å². The van der Waals surface area contributed by atoms with Gasteiger partial charge in [0.2, 0.25) is 0 Å². The average Bonchev–Trinajstić information content (AvgIpc) is 3.10. The Labute approximate surface area is 161 Å². The molecule has 1 heterocycles. The smallest absolute Gasteiger partial charge is 0.412 e. The Morgan fingerprint density at radius 1 is 1.18 bits per heavy atom. The second-order valence-corrected chi connectivity index (χ2v) is 7.13. The van der Waals surface area contributed by atoms with E-state index in [4.69, 9.17) is 4.74 Å². The summed E-state index contributed by atoms with van der Waals surface area (Å²) >= 11 is 0. The first-order valence-electron chi connectivity index (χ1n) is 8.60. The molecule has 1 amide bonds. The number of non-ortho nitro benzene ring substituents is 1. The number of anilines is 1. The maximum absolute atomic E-state index is 12.0. The zero-order valence-corrected chi connectivity index (χ0v) is 15.7. The molecule has 0 aliphatic carbocycles. The van der Waals surface area contributed by atoms with E-state index in [1.54, 1.807) is 68.2 Å². The van der Waals surface area contributed by atoms with E-state index in [2.05, 4.69) is 10.3 Å². The number of nitrogens with zero attached hydrogens (tertiary/aromatic N) is 3. The minimum Gasteiger partial charge on any atom is -0.444 e. The van der Waals surface area contributed by atoms with E-state index in [9.17, 15) is 14.9 Å². The van der Waals surface area contributed by atoms with Crippen LogP contribution in [0.5, 0.6) is 0 Å². The third kappa shape index (κ3) is 4.53. The molecular weight excluding hydrogens is 360 g/mol. The minimum atomic E-state index is -0.596. The molecule has 0 saturated heterocycles. The van der Waals surface area contributed by atoms with Crippen LogP contribution in [0.4, 0.5) is 16.2 Å². The Hall–Kier alpha value is -3.68. The second kappa shape index (κ2) is 7.51. The predicted molar refractivity (Wildman–Crippen MR) is 106 cm³/mol. The Morgan fingerprint density at radius 3 is 2.64 bits per heavy atom. The number of nitrogens with one attached hydrogen (secondary N) is 1. The van der Waals surface area contributed by atoms with Crippen LogP contribution in [-0.2, 0) is 4.74 Å². The summed E-state index contributed by atoms with van der Waals surface area (Å²) in [5, 5.41) is 13.8. The van der Waals surface area contributed by atoms with Crippen molar-refractivity contribution < 1.29 is 14.5 Å². The monoisotopic (exact) mass is 380 g/mol. The van der Waals surface area contributed by atoms with E-state index in [1.807, 2.05) is 6.07 Å². The number of rotatable bonds is 4. The number of ether oxygens (including phenoxy) is 1. The van der Waals surface area contributed by atoms with Crippen LogP contribution in [0, 0.1) is 10.1 Å². The van der Waals surface area contributed by atoms with Crippen molar-refractivity contribution in [2.75, 3.05) is 5.32 Å². The van der Waals surface area contributed by atoms with Crippen molar-refractivity contribution >= 4 is 17.5 Å². The van der Waals surface area contributed by atoms with Crippen LogP contribution < -0.4 is 5.32 Å². The summed E-state index contributed by atoms with van der Waals surface area (Å²) in [6, 6.07) is 13.5. The molecule has 3 aromatic rings. The summed E-state index contributed by atoms with van der Waals surface area (Å²) in [6.45, 7) is 5.37. The van der Waals surface area contributed by atoms with E-state index in [0.29, 0.717) is 16.9 Å². The number of benzene rings is 2. The highest BCUT2D eigenvalue weighted by molar-refractivity contribution is 5.85. The number of hydrogen-bond donors (Lipinski definition) is 1. The molecule has 8 heteroatoms. The zero-order chi connectivity index (χ0) is 20.3. The normalized spacial score (nSPS) is 11.1. The van der Waals surface area contributed by atoms with Gasteiger partial charge in [0.1, 0.15) is 5.60 Å². The van der Waals surface area contributed by atoms with Gasteiger partial charge >= 0.3 is 6.09 Å². The van der Waals surface area contributed by atoms with Crippen molar-refractivity contribution in [1.29, 1.82) is 0 Å². The van der Waals surface area contributed by atoms with Gasteiger partial charge in [-0.05, 0) is 39.0 Å². The number of carbonyl (C=O) groups is 1. The molecule has 1 N–H and O–H groups in total. The topological polar surface area (TPSA) is 99.3 Å². The van der Waals surface area contributed by atoms with Crippen molar-refractivity contribution in [1.82, 2.24) is 9.55 Å². The van der Waals surface area contributed by atoms with Crippen molar-refractivity contribution in [2.24, 2.45) is 0 Å². The molecule has 0 unspecified atom stereocenters. The molecule has 28 heavy (non-hydrogen) atoms. The quantitative estimate of drug-likeness (QED) is 0.518. The lowest BCUT2D eigenvalue weighted by Gasteiger charge is -2.20. The molecule has 144 valence electrons. The fourth-order valence-corrected chi connectivity index (χ4v) is 2.65. The summed E-state index contributed by atoms with van der Waals surface area (Å²) in [5.74, 6) is 0. The number of nitro benzene ring substituents is 1. The molecule has 8 nitrogen and oxygen atoms in total. The van der Waals surface area contributed by atoms with E-state index in [1.165, 1.54) is 12.1 Å². The van der Waals surface area contributed by atoms with Crippen LogP contribution in [-0.4, -0.2) is 26.2 Å². The number of nitro groups is 1. The van der Waals surface area contributed by atoms with Crippen molar-refractivity contribution in [3.05, 3.63) is 71.2 Å². The van der Waals surface area contributed by atoms with Crippen molar-refractivity contribution in [3.8, 4) is 16.9 Å². The SMILES string of the molecule is CC(C)(C)OC(=O)Nc1cccc(-n2cncc2-c2cccc([N+](=O)[O-])c2)c1. The molecule has 1 aromatic heterocycles. The maximum atomic E-state index is 12.0. The average molecular weight is 380 g/mol. The van der Waals surface area contributed by atoms with Crippen LogP contribution in [0.15, 0.2) is 61.1 Å². The van der Waals surface area contributed by atoms with Crippen LogP contribution in [0.2, 0.25) is 0 Å². The van der Waals surface area contributed by atoms with Gasteiger partial charge in [0, 0.05) is 29.1 Å². The molecule has 0 spiro atoms. The van der Waals surface area contributed by atoms with Gasteiger partial charge in [0.15, 0.2) is 0 Å². The van der Waals surface area contributed by atoms with E-state index < -0.39 is 16.6 Å². The third-order valence-corrected chi connectivity index (χ3v) is 3.76. The summed E-state index contributed by atoms with van der Waals surface area (Å²) in [7, 11) is 0. The maximum Gasteiger partial charge on any atom is 0.412 e. The fraction of sp³-hybridized carbons (Fsp3) is 0.200. The Balaban J connectivity index is 1.90. The second-order valence-electron chi connectivity index (χ2n) is 7.13. The molecule has 0 radical (unpaired) electrons. The number of imidazole rings is 1. The summed E-state index contributed by atoms with van der Waals surface area (Å²) < 4.78 is 7.06. The highest BCUT2D eigenvalue weighted by Gasteiger charge is 2.17. The van der Waals surface area contributed by atoms with E-state index in [0.717, 1.165) is 5.69 Å². The van der Waals surface area contributed by atoms with Crippen LogP contribution in [0.25, 0.3) is 16.9 Å². The van der Waals surface area contributed by atoms with Gasteiger partial charge in [-0.1, -0.05) is 18.2 Å². The first-order chi connectivity index (χ1) is 13.2.